The standard InChI is InChI=1S/C17H21ClN4O3/c1-21-14(19)13(20-10-11-2-4-12(18)5-3-11)15(23)22(16(21)24)9-8-17(25)6-7-17/h2-5,20,25H,6-10,19H2,1H3. The highest BCUT2D eigenvalue weighted by atomic mass is 35.5. The lowest BCUT2D eigenvalue weighted by atomic mass is 10.2. The van der Waals surface area contributed by atoms with E-state index in [9.17, 15) is 14.7 Å². The molecule has 1 saturated carbocycles. The van der Waals surface area contributed by atoms with E-state index in [2.05, 4.69) is 5.32 Å². The molecule has 0 spiro atoms. The highest BCUT2D eigenvalue weighted by Crippen LogP contribution is 2.38. The average molecular weight is 365 g/mol. The van der Waals surface area contributed by atoms with Gasteiger partial charge in [-0.15, -0.1) is 0 Å². The van der Waals surface area contributed by atoms with Gasteiger partial charge in [0.25, 0.3) is 5.56 Å². The summed E-state index contributed by atoms with van der Waals surface area (Å²) < 4.78 is 2.36. The molecule has 2 aromatic rings. The van der Waals surface area contributed by atoms with Gasteiger partial charge in [0.2, 0.25) is 0 Å². The Kier molecular flexibility index (Phi) is 4.62. The van der Waals surface area contributed by atoms with Crippen LogP contribution >= 0.6 is 11.6 Å². The lowest BCUT2D eigenvalue weighted by molar-refractivity contribution is 0.133. The van der Waals surface area contributed by atoms with Gasteiger partial charge < -0.3 is 16.2 Å². The average Bonchev–Trinajstić information content (AvgIpc) is 3.32. The number of nitrogens with one attached hydrogen (secondary N) is 1. The molecule has 4 N–H and O–H groups in total. The third kappa shape index (κ3) is 3.72. The number of halogens is 1. The van der Waals surface area contributed by atoms with Crippen LogP contribution in [-0.4, -0.2) is 19.8 Å². The van der Waals surface area contributed by atoms with E-state index in [1.54, 1.807) is 12.1 Å². The van der Waals surface area contributed by atoms with Crippen molar-refractivity contribution in [3.05, 3.63) is 55.7 Å². The lowest BCUT2D eigenvalue weighted by Gasteiger charge is -2.16. The number of aromatic nitrogens is 2. The maximum Gasteiger partial charge on any atom is 0.332 e. The first-order valence-corrected chi connectivity index (χ1v) is 8.48. The second-order valence-electron chi connectivity index (χ2n) is 6.51. The Morgan fingerprint density at radius 3 is 2.52 bits per heavy atom. The molecule has 1 aromatic carbocycles. The molecule has 0 unspecified atom stereocenters. The van der Waals surface area contributed by atoms with Crippen LogP contribution in [0.2, 0.25) is 5.02 Å². The van der Waals surface area contributed by atoms with E-state index in [0.717, 1.165) is 10.1 Å². The summed E-state index contributed by atoms with van der Waals surface area (Å²) in [6.07, 6.45) is 1.79. The zero-order valence-electron chi connectivity index (χ0n) is 14.0. The Morgan fingerprint density at radius 2 is 1.92 bits per heavy atom. The predicted molar refractivity (Wildman–Crippen MR) is 97.9 cm³/mol. The quantitative estimate of drug-likeness (QED) is 0.717. The summed E-state index contributed by atoms with van der Waals surface area (Å²) in [5.41, 5.74) is 5.37. The van der Waals surface area contributed by atoms with Gasteiger partial charge in [-0.1, -0.05) is 23.7 Å². The van der Waals surface area contributed by atoms with Gasteiger partial charge in [-0.2, -0.15) is 0 Å². The van der Waals surface area contributed by atoms with Crippen molar-refractivity contribution < 1.29 is 5.11 Å². The first kappa shape index (κ1) is 17.6. The van der Waals surface area contributed by atoms with Gasteiger partial charge in [0.1, 0.15) is 11.5 Å². The first-order valence-electron chi connectivity index (χ1n) is 8.11. The van der Waals surface area contributed by atoms with E-state index in [-0.39, 0.29) is 18.1 Å². The van der Waals surface area contributed by atoms with Gasteiger partial charge in [0.15, 0.2) is 0 Å². The monoisotopic (exact) mass is 364 g/mol. The molecule has 134 valence electrons. The van der Waals surface area contributed by atoms with Crippen molar-refractivity contribution in [2.75, 3.05) is 11.1 Å². The van der Waals surface area contributed by atoms with Crippen molar-refractivity contribution in [2.24, 2.45) is 7.05 Å². The molecule has 0 aliphatic heterocycles. The van der Waals surface area contributed by atoms with Crippen LogP contribution in [0, 0.1) is 0 Å². The van der Waals surface area contributed by atoms with Gasteiger partial charge in [0.05, 0.1) is 5.60 Å². The van der Waals surface area contributed by atoms with E-state index in [0.29, 0.717) is 30.8 Å². The molecule has 0 saturated heterocycles. The molecule has 0 amide bonds. The summed E-state index contributed by atoms with van der Waals surface area (Å²) in [5, 5.41) is 13.6. The lowest BCUT2D eigenvalue weighted by Crippen LogP contribution is -2.42. The molecule has 1 aliphatic rings. The van der Waals surface area contributed by atoms with Crippen LogP contribution in [0.4, 0.5) is 11.5 Å². The fourth-order valence-electron chi connectivity index (χ4n) is 2.65. The molecule has 1 heterocycles. The Labute approximate surface area is 149 Å². The Bertz CT molecular complexity index is 898. The number of hydrogen-bond donors (Lipinski definition) is 3. The van der Waals surface area contributed by atoms with Gasteiger partial charge in [-0.3, -0.25) is 13.9 Å². The van der Waals surface area contributed by atoms with E-state index in [1.807, 2.05) is 12.1 Å². The van der Waals surface area contributed by atoms with E-state index < -0.39 is 16.9 Å². The minimum absolute atomic E-state index is 0.0883. The molecule has 0 bridgehead atoms. The summed E-state index contributed by atoms with van der Waals surface area (Å²) in [4.78, 5) is 25.0. The van der Waals surface area contributed by atoms with Gasteiger partial charge in [-0.05, 0) is 37.0 Å². The molecule has 0 radical (unpaired) electrons. The third-order valence-corrected chi connectivity index (χ3v) is 4.86. The van der Waals surface area contributed by atoms with Crippen molar-refractivity contribution >= 4 is 23.1 Å². The fraction of sp³-hybridized carbons (Fsp3) is 0.412. The fourth-order valence-corrected chi connectivity index (χ4v) is 2.78. The second-order valence-corrected chi connectivity index (χ2v) is 6.95. The van der Waals surface area contributed by atoms with Crippen LogP contribution in [0.15, 0.2) is 33.9 Å². The topological polar surface area (TPSA) is 102 Å². The number of benzene rings is 1. The molecule has 25 heavy (non-hydrogen) atoms. The molecule has 0 atom stereocenters. The van der Waals surface area contributed by atoms with Crippen LogP contribution in [0.25, 0.3) is 0 Å². The molecule has 8 heteroatoms. The minimum atomic E-state index is -0.733. The summed E-state index contributed by atoms with van der Waals surface area (Å²) >= 11 is 5.86. The SMILES string of the molecule is Cn1c(N)c(NCc2ccc(Cl)cc2)c(=O)n(CCC2(O)CC2)c1=O. The first-order chi connectivity index (χ1) is 11.8. The van der Waals surface area contributed by atoms with E-state index in [1.165, 1.54) is 11.6 Å². The Balaban J connectivity index is 1.87. The third-order valence-electron chi connectivity index (χ3n) is 4.60. The minimum Gasteiger partial charge on any atom is -0.390 e. The normalized spacial score (nSPS) is 15.2. The zero-order chi connectivity index (χ0) is 18.2. The number of nitrogen functional groups attached to an aromatic ring is 1. The highest BCUT2D eigenvalue weighted by molar-refractivity contribution is 6.30. The molecular weight excluding hydrogens is 344 g/mol. The van der Waals surface area contributed by atoms with E-state index >= 15 is 0 Å². The Hall–Kier alpha value is -2.25. The number of anilines is 2. The van der Waals surface area contributed by atoms with Gasteiger partial charge in [0, 0.05) is 25.2 Å². The number of rotatable bonds is 6. The van der Waals surface area contributed by atoms with Crippen molar-refractivity contribution in [3.63, 3.8) is 0 Å². The summed E-state index contributed by atoms with van der Waals surface area (Å²) in [6, 6.07) is 7.21. The molecule has 1 fully saturated rings. The van der Waals surface area contributed by atoms with Crippen LogP contribution in [0.3, 0.4) is 0 Å². The van der Waals surface area contributed by atoms with Crippen molar-refractivity contribution in [3.8, 4) is 0 Å². The molecular formula is C17H21ClN4O3. The van der Waals surface area contributed by atoms with Crippen LogP contribution in [0.5, 0.6) is 0 Å². The van der Waals surface area contributed by atoms with E-state index in [4.69, 9.17) is 17.3 Å². The van der Waals surface area contributed by atoms with Crippen molar-refractivity contribution in [1.82, 2.24) is 9.13 Å². The highest BCUT2D eigenvalue weighted by Gasteiger charge is 2.39. The molecule has 3 rings (SSSR count). The summed E-state index contributed by atoms with van der Waals surface area (Å²) in [5.74, 6) is 0.0883. The van der Waals surface area contributed by atoms with Crippen molar-refractivity contribution in [2.45, 2.75) is 38.0 Å². The predicted octanol–water partition coefficient (Wildman–Crippen LogP) is 1.31. The summed E-state index contributed by atoms with van der Waals surface area (Å²) in [6.45, 7) is 0.538. The largest absolute Gasteiger partial charge is 0.390 e. The van der Waals surface area contributed by atoms with Crippen molar-refractivity contribution in [1.29, 1.82) is 0 Å². The zero-order valence-corrected chi connectivity index (χ0v) is 14.7. The number of nitrogens with zero attached hydrogens (tertiary/aromatic N) is 2. The van der Waals surface area contributed by atoms with Crippen LogP contribution in [-0.2, 0) is 20.1 Å². The van der Waals surface area contributed by atoms with Crippen LogP contribution in [0.1, 0.15) is 24.8 Å². The number of nitrogens with two attached hydrogens (primary N) is 1. The smallest absolute Gasteiger partial charge is 0.332 e. The maximum absolute atomic E-state index is 12.7. The van der Waals surface area contributed by atoms with Gasteiger partial charge >= 0.3 is 5.69 Å². The molecule has 7 nitrogen and oxygen atoms in total. The maximum atomic E-state index is 12.7. The Morgan fingerprint density at radius 1 is 1.28 bits per heavy atom. The number of aliphatic hydroxyl groups is 1. The molecule has 1 aromatic heterocycles. The summed E-state index contributed by atoms with van der Waals surface area (Å²) in [7, 11) is 1.52. The molecule has 1 aliphatic carbocycles. The second kappa shape index (κ2) is 6.57. The number of hydrogen-bond acceptors (Lipinski definition) is 5. The van der Waals surface area contributed by atoms with Crippen LogP contribution < -0.4 is 22.3 Å². The van der Waals surface area contributed by atoms with Gasteiger partial charge in [-0.25, -0.2) is 4.79 Å².